The number of nitrogens with zero attached hydrogens (tertiary/aromatic N) is 3. The van der Waals surface area contributed by atoms with Crippen molar-refractivity contribution in [3.63, 3.8) is 0 Å². The van der Waals surface area contributed by atoms with E-state index in [1.807, 2.05) is 0 Å². The van der Waals surface area contributed by atoms with Crippen LogP contribution in [0.3, 0.4) is 0 Å². The molecular weight excluding hydrogens is 234 g/mol. The van der Waals surface area contributed by atoms with Crippen LogP contribution < -0.4 is 4.90 Å². The van der Waals surface area contributed by atoms with Crippen LogP contribution in [0.4, 0.5) is 5.82 Å². The summed E-state index contributed by atoms with van der Waals surface area (Å²) >= 11 is 0. The Morgan fingerprint density at radius 1 is 1.11 bits per heavy atom. The van der Waals surface area contributed by atoms with Crippen LogP contribution in [0.25, 0.3) is 0 Å². The third-order valence-electron chi connectivity index (χ3n) is 4.54. The van der Waals surface area contributed by atoms with E-state index in [-0.39, 0.29) is 0 Å². The molecule has 1 aromatic rings. The predicted octanol–water partition coefficient (Wildman–Crippen LogP) is 3.23. The van der Waals surface area contributed by atoms with Gasteiger partial charge in [0, 0.05) is 31.4 Å². The fourth-order valence-electron chi connectivity index (χ4n) is 3.49. The van der Waals surface area contributed by atoms with E-state index in [0.717, 1.165) is 5.82 Å². The molecule has 19 heavy (non-hydrogen) atoms. The first-order chi connectivity index (χ1) is 9.25. The van der Waals surface area contributed by atoms with Crippen LogP contribution in [0.2, 0.25) is 0 Å². The van der Waals surface area contributed by atoms with Gasteiger partial charge >= 0.3 is 0 Å². The highest BCUT2D eigenvalue weighted by Gasteiger charge is 2.28. The molecule has 3 heterocycles. The smallest absolute Gasteiger partial charge is 0.128 e. The Labute approximate surface area is 116 Å². The fourth-order valence-corrected chi connectivity index (χ4v) is 3.49. The van der Waals surface area contributed by atoms with Gasteiger partial charge in [-0.25, -0.2) is 4.98 Å². The van der Waals surface area contributed by atoms with Crippen LogP contribution in [0.5, 0.6) is 0 Å². The van der Waals surface area contributed by atoms with E-state index in [4.69, 9.17) is 4.98 Å². The first-order valence-corrected chi connectivity index (χ1v) is 7.72. The second-order valence-electron chi connectivity index (χ2n) is 6.13. The Bertz CT molecular complexity index is 407. The Balaban J connectivity index is 1.74. The number of aromatic nitrogens is 1. The van der Waals surface area contributed by atoms with Crippen molar-refractivity contribution in [3.8, 4) is 0 Å². The monoisotopic (exact) mass is 259 g/mol. The Morgan fingerprint density at radius 2 is 1.89 bits per heavy atom. The molecular formula is C16H25N3. The number of rotatable bonds is 3. The zero-order valence-corrected chi connectivity index (χ0v) is 12.2. The molecule has 0 aliphatic carbocycles. The van der Waals surface area contributed by atoms with Gasteiger partial charge in [-0.3, -0.25) is 4.90 Å². The average Bonchev–Trinajstić information content (AvgIpc) is 3.10. The summed E-state index contributed by atoms with van der Waals surface area (Å²) in [6.45, 7) is 8.17. The lowest BCUT2D eigenvalue weighted by molar-refractivity contribution is 0.205. The summed E-state index contributed by atoms with van der Waals surface area (Å²) in [6.07, 6.45) is 7.33. The van der Waals surface area contributed by atoms with Gasteiger partial charge in [0.2, 0.25) is 0 Å². The molecule has 1 aromatic heterocycles. The second-order valence-corrected chi connectivity index (χ2v) is 6.13. The van der Waals surface area contributed by atoms with Crippen LogP contribution in [0.1, 0.15) is 51.1 Å². The van der Waals surface area contributed by atoms with E-state index in [9.17, 15) is 0 Å². The third-order valence-corrected chi connectivity index (χ3v) is 4.54. The van der Waals surface area contributed by atoms with Gasteiger partial charge in [-0.2, -0.15) is 0 Å². The summed E-state index contributed by atoms with van der Waals surface area (Å²) < 4.78 is 0. The lowest BCUT2D eigenvalue weighted by Gasteiger charge is -2.28. The van der Waals surface area contributed by atoms with Gasteiger partial charge in [0.05, 0.1) is 0 Å². The summed E-state index contributed by atoms with van der Waals surface area (Å²) in [5.74, 6) is 1.16. The topological polar surface area (TPSA) is 19.4 Å². The maximum absolute atomic E-state index is 4.70. The summed E-state index contributed by atoms with van der Waals surface area (Å²) in [6, 6.07) is 5.73. The predicted molar refractivity (Wildman–Crippen MR) is 79.5 cm³/mol. The number of hydrogen-bond donors (Lipinski definition) is 0. The molecule has 0 bridgehead atoms. The minimum atomic E-state index is 0.583. The van der Waals surface area contributed by atoms with Gasteiger partial charge in [-0.05, 0) is 57.7 Å². The highest BCUT2D eigenvalue weighted by Crippen LogP contribution is 2.33. The molecule has 1 unspecified atom stereocenters. The zero-order chi connectivity index (χ0) is 13.2. The van der Waals surface area contributed by atoms with E-state index in [2.05, 4.69) is 42.0 Å². The molecule has 3 heteroatoms. The van der Waals surface area contributed by atoms with E-state index in [1.54, 1.807) is 0 Å². The molecule has 0 radical (unpaired) electrons. The Kier molecular flexibility index (Phi) is 3.74. The second kappa shape index (κ2) is 5.49. The molecule has 0 N–H and O–H groups in total. The van der Waals surface area contributed by atoms with Gasteiger partial charge < -0.3 is 4.90 Å². The highest BCUT2D eigenvalue weighted by molar-refractivity contribution is 5.40. The van der Waals surface area contributed by atoms with Gasteiger partial charge in [-0.15, -0.1) is 0 Å². The average molecular weight is 259 g/mol. The number of hydrogen-bond acceptors (Lipinski definition) is 3. The van der Waals surface area contributed by atoms with Gasteiger partial charge in [-0.1, -0.05) is 6.07 Å². The third kappa shape index (κ3) is 2.62. The summed E-state index contributed by atoms with van der Waals surface area (Å²) in [7, 11) is 0. The van der Waals surface area contributed by atoms with Crippen LogP contribution >= 0.6 is 0 Å². The van der Waals surface area contributed by atoms with E-state index >= 15 is 0 Å². The quantitative estimate of drug-likeness (QED) is 0.831. The minimum Gasteiger partial charge on any atom is -0.357 e. The van der Waals surface area contributed by atoms with Crippen molar-refractivity contribution in [2.24, 2.45) is 0 Å². The van der Waals surface area contributed by atoms with Gasteiger partial charge in [0.1, 0.15) is 5.82 Å². The lowest BCUT2D eigenvalue weighted by Crippen LogP contribution is -2.30. The fraction of sp³-hybridized carbons (Fsp3) is 0.688. The maximum atomic E-state index is 4.70. The number of pyridine rings is 1. The van der Waals surface area contributed by atoms with E-state index in [1.165, 1.54) is 50.9 Å². The molecule has 3 nitrogen and oxygen atoms in total. The first-order valence-electron chi connectivity index (χ1n) is 7.72. The first kappa shape index (κ1) is 12.9. The SMILES string of the molecule is CC(C)N1CCCC1c1ccc(N2CCCC2)nc1. The maximum Gasteiger partial charge on any atom is 0.128 e. The molecule has 2 aliphatic heterocycles. The van der Waals surface area contributed by atoms with Crippen LogP contribution in [0, 0.1) is 0 Å². The summed E-state index contributed by atoms with van der Waals surface area (Å²) in [5, 5.41) is 0. The molecule has 2 saturated heterocycles. The molecule has 1 atom stereocenters. The lowest BCUT2D eigenvalue weighted by atomic mass is 10.1. The molecule has 0 amide bonds. The summed E-state index contributed by atoms with van der Waals surface area (Å²) in [4.78, 5) is 9.70. The zero-order valence-electron chi connectivity index (χ0n) is 12.2. The summed E-state index contributed by atoms with van der Waals surface area (Å²) in [5.41, 5.74) is 1.40. The van der Waals surface area contributed by atoms with Gasteiger partial charge in [0.25, 0.3) is 0 Å². The van der Waals surface area contributed by atoms with Crippen molar-refractivity contribution in [2.75, 3.05) is 24.5 Å². The molecule has 2 aliphatic rings. The van der Waals surface area contributed by atoms with E-state index in [0.29, 0.717) is 12.1 Å². The van der Waals surface area contributed by atoms with Crippen molar-refractivity contribution in [2.45, 2.75) is 51.6 Å². The van der Waals surface area contributed by atoms with Crippen molar-refractivity contribution >= 4 is 5.82 Å². The van der Waals surface area contributed by atoms with Gasteiger partial charge in [0.15, 0.2) is 0 Å². The number of likely N-dealkylation sites (tertiary alicyclic amines) is 1. The van der Waals surface area contributed by atoms with Crippen molar-refractivity contribution in [1.82, 2.24) is 9.88 Å². The minimum absolute atomic E-state index is 0.583. The van der Waals surface area contributed by atoms with Crippen molar-refractivity contribution < 1.29 is 0 Å². The normalized spacial score (nSPS) is 24.6. The standard InChI is InChI=1S/C16H25N3/c1-13(2)19-11-5-6-15(19)14-7-8-16(17-12-14)18-9-3-4-10-18/h7-8,12-13,15H,3-6,9-11H2,1-2H3. The molecule has 0 aromatic carbocycles. The Hall–Kier alpha value is -1.09. The molecule has 0 saturated carbocycles. The van der Waals surface area contributed by atoms with Crippen LogP contribution in [-0.4, -0.2) is 35.6 Å². The van der Waals surface area contributed by atoms with Crippen molar-refractivity contribution in [3.05, 3.63) is 23.9 Å². The Morgan fingerprint density at radius 3 is 2.53 bits per heavy atom. The molecule has 3 rings (SSSR count). The molecule has 0 spiro atoms. The molecule has 2 fully saturated rings. The molecule has 104 valence electrons. The van der Waals surface area contributed by atoms with E-state index < -0.39 is 0 Å². The number of anilines is 1. The van der Waals surface area contributed by atoms with Crippen molar-refractivity contribution in [1.29, 1.82) is 0 Å². The highest BCUT2D eigenvalue weighted by atomic mass is 15.2. The largest absolute Gasteiger partial charge is 0.357 e. The van der Waals surface area contributed by atoms with Crippen LogP contribution in [0.15, 0.2) is 18.3 Å². The van der Waals surface area contributed by atoms with Crippen LogP contribution in [-0.2, 0) is 0 Å².